The summed E-state index contributed by atoms with van der Waals surface area (Å²) in [6, 6.07) is 6.01. The SMILES string of the molecule is CCN(CC)CCOc1ccc(CN=C(N(C)C)N(C)C)cc1OC. The van der Waals surface area contributed by atoms with Gasteiger partial charge in [-0.3, -0.25) is 0 Å². The summed E-state index contributed by atoms with van der Waals surface area (Å²) in [6.45, 7) is 8.56. The van der Waals surface area contributed by atoms with Crippen molar-refractivity contribution in [2.75, 3.05) is 61.5 Å². The van der Waals surface area contributed by atoms with Crippen LogP contribution in [0.2, 0.25) is 0 Å². The minimum Gasteiger partial charge on any atom is -0.493 e. The molecule has 0 amide bonds. The van der Waals surface area contributed by atoms with Gasteiger partial charge in [-0.1, -0.05) is 19.9 Å². The molecule has 0 spiro atoms. The number of guanidine groups is 1. The Bertz CT molecular complexity index is 530. The summed E-state index contributed by atoms with van der Waals surface area (Å²) in [5, 5.41) is 0. The third-order valence-electron chi connectivity index (χ3n) is 3.99. The monoisotopic (exact) mass is 350 g/mol. The molecule has 0 aliphatic heterocycles. The molecule has 6 nitrogen and oxygen atoms in total. The summed E-state index contributed by atoms with van der Waals surface area (Å²) in [5.74, 6) is 2.46. The summed E-state index contributed by atoms with van der Waals surface area (Å²) in [6.07, 6.45) is 0. The van der Waals surface area contributed by atoms with Crippen LogP contribution < -0.4 is 9.47 Å². The summed E-state index contributed by atoms with van der Waals surface area (Å²) in [4.78, 5) is 11.0. The van der Waals surface area contributed by atoms with Gasteiger partial charge in [-0.2, -0.15) is 0 Å². The van der Waals surface area contributed by atoms with E-state index in [1.54, 1.807) is 7.11 Å². The van der Waals surface area contributed by atoms with E-state index in [4.69, 9.17) is 9.47 Å². The maximum Gasteiger partial charge on any atom is 0.195 e. The maximum absolute atomic E-state index is 5.90. The predicted molar refractivity (Wildman–Crippen MR) is 105 cm³/mol. The molecule has 0 aromatic heterocycles. The number of methoxy groups -OCH3 is 1. The quantitative estimate of drug-likeness (QED) is 0.505. The molecular formula is C19H34N4O2. The van der Waals surface area contributed by atoms with Crippen LogP contribution in [-0.2, 0) is 6.54 Å². The minimum absolute atomic E-state index is 0.599. The molecule has 6 heteroatoms. The van der Waals surface area contributed by atoms with Crippen molar-refractivity contribution < 1.29 is 9.47 Å². The fourth-order valence-electron chi connectivity index (χ4n) is 2.60. The Balaban J connectivity index is 2.76. The number of aliphatic imine (C=N–C) groups is 1. The lowest BCUT2D eigenvalue weighted by molar-refractivity contribution is 0.217. The molecule has 0 unspecified atom stereocenters. The fraction of sp³-hybridized carbons (Fsp3) is 0.632. The van der Waals surface area contributed by atoms with E-state index < -0.39 is 0 Å². The van der Waals surface area contributed by atoms with Gasteiger partial charge < -0.3 is 24.2 Å². The van der Waals surface area contributed by atoms with Crippen LogP contribution in [0, 0.1) is 0 Å². The van der Waals surface area contributed by atoms with E-state index in [2.05, 4.69) is 23.7 Å². The van der Waals surface area contributed by atoms with Crippen LogP contribution in [0.15, 0.2) is 23.2 Å². The van der Waals surface area contributed by atoms with Gasteiger partial charge in [0.05, 0.1) is 13.7 Å². The highest BCUT2D eigenvalue weighted by atomic mass is 16.5. The summed E-state index contributed by atoms with van der Waals surface area (Å²) in [5.41, 5.74) is 1.09. The van der Waals surface area contributed by atoms with E-state index in [9.17, 15) is 0 Å². The molecule has 0 heterocycles. The number of hydrogen-bond donors (Lipinski definition) is 0. The highest BCUT2D eigenvalue weighted by molar-refractivity contribution is 5.79. The molecule has 0 saturated carbocycles. The predicted octanol–water partition coefficient (Wildman–Crippen LogP) is 2.40. The smallest absolute Gasteiger partial charge is 0.195 e. The molecular weight excluding hydrogens is 316 g/mol. The number of ether oxygens (including phenoxy) is 2. The number of hydrogen-bond acceptors (Lipinski definition) is 4. The molecule has 1 aromatic carbocycles. The lowest BCUT2D eigenvalue weighted by atomic mass is 10.2. The van der Waals surface area contributed by atoms with Crippen LogP contribution >= 0.6 is 0 Å². The topological polar surface area (TPSA) is 40.5 Å². The molecule has 1 aromatic rings. The second-order valence-electron chi connectivity index (χ2n) is 6.27. The molecule has 1 rings (SSSR count). The van der Waals surface area contributed by atoms with E-state index >= 15 is 0 Å². The van der Waals surface area contributed by atoms with Crippen molar-refractivity contribution in [2.45, 2.75) is 20.4 Å². The summed E-state index contributed by atoms with van der Waals surface area (Å²) < 4.78 is 11.4. The molecule has 0 fully saturated rings. The highest BCUT2D eigenvalue weighted by Crippen LogP contribution is 2.28. The largest absolute Gasteiger partial charge is 0.493 e. The van der Waals surface area contributed by atoms with Crippen LogP contribution in [-0.4, -0.2) is 82.2 Å². The number of likely N-dealkylation sites (N-methyl/N-ethyl adjacent to an activating group) is 1. The number of rotatable bonds is 9. The van der Waals surface area contributed by atoms with Gasteiger partial charge in [0.2, 0.25) is 0 Å². The third kappa shape index (κ3) is 6.82. The van der Waals surface area contributed by atoms with E-state index in [1.165, 1.54) is 0 Å². The molecule has 0 aliphatic carbocycles. The minimum atomic E-state index is 0.599. The number of benzene rings is 1. The third-order valence-corrected chi connectivity index (χ3v) is 3.99. The first-order chi connectivity index (χ1) is 11.9. The standard InChI is InChI=1S/C19H34N4O2/c1-8-23(9-2)12-13-25-17-11-10-16(14-18(17)24-7)15-20-19(21(3)4)22(5)6/h10-11,14H,8-9,12-13,15H2,1-7H3. The lowest BCUT2D eigenvalue weighted by Crippen LogP contribution is -2.35. The molecule has 0 radical (unpaired) electrons. The second-order valence-corrected chi connectivity index (χ2v) is 6.27. The summed E-state index contributed by atoms with van der Waals surface area (Å²) in [7, 11) is 9.64. The average Bonchev–Trinajstić information content (AvgIpc) is 2.59. The Labute approximate surface area is 153 Å². The Hall–Kier alpha value is -1.95. The Morgan fingerprint density at radius 1 is 1.00 bits per heavy atom. The van der Waals surface area contributed by atoms with Gasteiger partial charge >= 0.3 is 0 Å². The zero-order valence-corrected chi connectivity index (χ0v) is 16.9. The average molecular weight is 351 g/mol. The van der Waals surface area contributed by atoms with Crippen molar-refractivity contribution in [1.29, 1.82) is 0 Å². The second kappa shape index (κ2) is 10.8. The van der Waals surface area contributed by atoms with Gasteiger partial charge in [0, 0.05) is 34.7 Å². The highest BCUT2D eigenvalue weighted by Gasteiger charge is 2.08. The molecule has 25 heavy (non-hydrogen) atoms. The van der Waals surface area contributed by atoms with Gasteiger partial charge in [0.1, 0.15) is 6.61 Å². The van der Waals surface area contributed by atoms with Gasteiger partial charge in [-0.15, -0.1) is 0 Å². The molecule has 0 bridgehead atoms. The summed E-state index contributed by atoms with van der Waals surface area (Å²) >= 11 is 0. The van der Waals surface area contributed by atoms with Crippen molar-refractivity contribution in [3.05, 3.63) is 23.8 Å². The van der Waals surface area contributed by atoms with Crippen molar-refractivity contribution in [3.63, 3.8) is 0 Å². The zero-order chi connectivity index (χ0) is 18.8. The molecule has 0 aliphatic rings. The van der Waals surface area contributed by atoms with Crippen LogP contribution in [0.5, 0.6) is 11.5 Å². The van der Waals surface area contributed by atoms with Gasteiger partial charge in [-0.25, -0.2) is 4.99 Å². The van der Waals surface area contributed by atoms with E-state index in [1.807, 2.05) is 56.2 Å². The van der Waals surface area contributed by atoms with E-state index in [0.717, 1.165) is 42.7 Å². The maximum atomic E-state index is 5.90. The number of nitrogens with zero attached hydrogens (tertiary/aromatic N) is 4. The van der Waals surface area contributed by atoms with Crippen molar-refractivity contribution in [3.8, 4) is 11.5 Å². The first kappa shape index (κ1) is 21.1. The lowest BCUT2D eigenvalue weighted by Gasteiger charge is -2.22. The van der Waals surface area contributed by atoms with E-state index in [0.29, 0.717) is 13.2 Å². The molecule has 0 saturated heterocycles. The van der Waals surface area contributed by atoms with Gasteiger partial charge in [0.15, 0.2) is 17.5 Å². The van der Waals surface area contributed by atoms with Gasteiger partial charge in [0.25, 0.3) is 0 Å². The van der Waals surface area contributed by atoms with Crippen LogP contribution in [0.1, 0.15) is 19.4 Å². The Morgan fingerprint density at radius 3 is 2.16 bits per heavy atom. The first-order valence-electron chi connectivity index (χ1n) is 8.84. The van der Waals surface area contributed by atoms with E-state index in [-0.39, 0.29) is 0 Å². The van der Waals surface area contributed by atoms with Crippen molar-refractivity contribution in [1.82, 2.24) is 14.7 Å². The fourth-order valence-corrected chi connectivity index (χ4v) is 2.60. The first-order valence-corrected chi connectivity index (χ1v) is 8.84. The van der Waals surface area contributed by atoms with Gasteiger partial charge in [-0.05, 0) is 30.8 Å². The Morgan fingerprint density at radius 2 is 1.64 bits per heavy atom. The molecule has 0 N–H and O–H groups in total. The zero-order valence-electron chi connectivity index (χ0n) is 16.9. The van der Waals surface area contributed by atoms with Crippen LogP contribution in [0.3, 0.4) is 0 Å². The normalized spacial score (nSPS) is 10.6. The van der Waals surface area contributed by atoms with Crippen molar-refractivity contribution in [2.24, 2.45) is 4.99 Å². The van der Waals surface area contributed by atoms with Crippen molar-refractivity contribution >= 4 is 5.96 Å². The molecule has 0 atom stereocenters. The van der Waals surface area contributed by atoms with Crippen LogP contribution in [0.4, 0.5) is 0 Å². The van der Waals surface area contributed by atoms with Crippen LogP contribution in [0.25, 0.3) is 0 Å². The molecule has 142 valence electrons. The Kier molecular flexibility index (Phi) is 9.13.